The molecule has 2 aromatic carbocycles. The average molecular weight is 324 g/mol. The zero-order chi connectivity index (χ0) is 16.5. The van der Waals surface area contributed by atoms with Crippen molar-refractivity contribution >= 4 is 11.1 Å². The predicted octanol–water partition coefficient (Wildman–Crippen LogP) is 2.60. The Hall–Kier alpha value is -2.37. The van der Waals surface area contributed by atoms with Crippen molar-refractivity contribution in [1.82, 2.24) is 9.88 Å². The monoisotopic (exact) mass is 324 g/mol. The summed E-state index contributed by atoms with van der Waals surface area (Å²) in [6.07, 6.45) is 1.15. The van der Waals surface area contributed by atoms with Crippen LogP contribution in [0.3, 0.4) is 0 Å². The fourth-order valence-corrected chi connectivity index (χ4v) is 3.39. The molecule has 4 rings (SSSR count). The number of rotatable bonds is 4. The van der Waals surface area contributed by atoms with Gasteiger partial charge in [0.05, 0.1) is 11.6 Å². The maximum absolute atomic E-state index is 11.2. The zero-order valence-electron chi connectivity index (χ0n) is 13.4. The van der Waals surface area contributed by atoms with Gasteiger partial charge in [0.1, 0.15) is 0 Å². The molecule has 0 fully saturated rings. The Labute approximate surface area is 139 Å². The van der Waals surface area contributed by atoms with Crippen LogP contribution in [0.15, 0.2) is 51.7 Å². The van der Waals surface area contributed by atoms with E-state index in [1.54, 1.807) is 12.1 Å². The molecule has 1 aliphatic heterocycles. The molecule has 1 unspecified atom stereocenters. The van der Waals surface area contributed by atoms with Gasteiger partial charge in [0.15, 0.2) is 5.58 Å². The fraction of sp³-hybridized carbons (Fsp3) is 0.316. The van der Waals surface area contributed by atoms with Crippen LogP contribution in [-0.4, -0.2) is 28.1 Å². The van der Waals surface area contributed by atoms with E-state index in [1.165, 1.54) is 11.1 Å². The molecule has 0 spiro atoms. The summed E-state index contributed by atoms with van der Waals surface area (Å²) in [5.74, 6) is -0.469. The van der Waals surface area contributed by atoms with Crippen LogP contribution in [0.25, 0.3) is 11.1 Å². The van der Waals surface area contributed by atoms with Gasteiger partial charge in [-0.25, -0.2) is 4.79 Å². The van der Waals surface area contributed by atoms with Crippen LogP contribution in [-0.2, 0) is 13.0 Å². The number of aliphatic hydroxyl groups excluding tert-OH is 1. The molecule has 2 heterocycles. The smallest absolute Gasteiger partial charge is 0.408 e. The maximum atomic E-state index is 11.2. The van der Waals surface area contributed by atoms with Crippen molar-refractivity contribution in [3.63, 3.8) is 0 Å². The highest BCUT2D eigenvalue weighted by molar-refractivity contribution is 5.72. The average Bonchev–Trinajstić information content (AvgIpc) is 2.98. The van der Waals surface area contributed by atoms with Crippen LogP contribution in [0.5, 0.6) is 0 Å². The Kier molecular flexibility index (Phi) is 3.96. The highest BCUT2D eigenvalue weighted by atomic mass is 16.4. The lowest BCUT2D eigenvalue weighted by Crippen LogP contribution is -2.32. The van der Waals surface area contributed by atoms with E-state index in [2.05, 4.69) is 34.1 Å². The van der Waals surface area contributed by atoms with E-state index in [9.17, 15) is 9.90 Å². The van der Waals surface area contributed by atoms with E-state index in [0.29, 0.717) is 17.5 Å². The number of hydrogen-bond acceptors (Lipinski definition) is 4. The third-order valence-electron chi connectivity index (χ3n) is 4.76. The van der Waals surface area contributed by atoms with Gasteiger partial charge in [0.25, 0.3) is 0 Å². The third-order valence-corrected chi connectivity index (χ3v) is 4.76. The molecule has 0 bridgehead atoms. The topological polar surface area (TPSA) is 69.5 Å². The fourth-order valence-electron chi connectivity index (χ4n) is 3.39. The summed E-state index contributed by atoms with van der Waals surface area (Å²) >= 11 is 0. The van der Waals surface area contributed by atoms with Crippen molar-refractivity contribution in [3.8, 4) is 0 Å². The molecule has 3 aromatic rings. The number of nitrogens with zero attached hydrogens (tertiary/aromatic N) is 1. The molecule has 0 saturated carbocycles. The number of nitrogens with one attached hydrogen (secondary N) is 1. The van der Waals surface area contributed by atoms with Crippen molar-refractivity contribution in [3.05, 3.63) is 69.7 Å². The predicted molar refractivity (Wildman–Crippen MR) is 91.8 cm³/mol. The standard InChI is InChI=1S/C19H20N2O3/c22-17(14-5-6-16-18(11-14)24-19(23)20-16)8-10-21-9-7-13-3-1-2-4-15(13)12-21/h1-6,11,17,22H,7-10,12H2,(H,20,23). The Morgan fingerprint density at radius 2 is 2.04 bits per heavy atom. The molecule has 0 aliphatic carbocycles. The SMILES string of the molecule is O=c1[nH]c2ccc(C(O)CCN3CCc4ccccc4C3)cc2o1. The van der Waals surface area contributed by atoms with Crippen LogP contribution >= 0.6 is 0 Å². The minimum atomic E-state index is -0.563. The van der Waals surface area contributed by atoms with Crippen molar-refractivity contribution in [2.24, 2.45) is 0 Å². The lowest BCUT2D eigenvalue weighted by atomic mass is 9.99. The van der Waals surface area contributed by atoms with Crippen LogP contribution in [0.1, 0.15) is 29.2 Å². The van der Waals surface area contributed by atoms with E-state index in [-0.39, 0.29) is 0 Å². The maximum Gasteiger partial charge on any atom is 0.417 e. The summed E-state index contributed by atoms with van der Waals surface area (Å²) in [5, 5.41) is 10.5. The first kappa shape index (κ1) is 15.2. The number of aliphatic hydroxyl groups is 1. The van der Waals surface area contributed by atoms with Crippen molar-refractivity contribution in [2.75, 3.05) is 13.1 Å². The summed E-state index contributed by atoms with van der Waals surface area (Å²) in [7, 11) is 0. The number of benzene rings is 2. The van der Waals surface area contributed by atoms with Gasteiger partial charge in [0, 0.05) is 19.6 Å². The van der Waals surface area contributed by atoms with Gasteiger partial charge < -0.3 is 9.52 Å². The van der Waals surface area contributed by atoms with Gasteiger partial charge in [-0.1, -0.05) is 30.3 Å². The first-order valence-electron chi connectivity index (χ1n) is 8.29. The van der Waals surface area contributed by atoms with Gasteiger partial charge in [-0.2, -0.15) is 0 Å². The van der Waals surface area contributed by atoms with Gasteiger partial charge in [0.2, 0.25) is 0 Å². The molecular formula is C19H20N2O3. The number of aromatic amines is 1. The minimum Gasteiger partial charge on any atom is -0.408 e. The molecule has 0 radical (unpaired) electrons. The third kappa shape index (κ3) is 3.00. The quantitative estimate of drug-likeness (QED) is 0.774. The second-order valence-electron chi connectivity index (χ2n) is 6.37. The Morgan fingerprint density at radius 3 is 2.92 bits per heavy atom. The van der Waals surface area contributed by atoms with Crippen molar-refractivity contribution in [2.45, 2.75) is 25.5 Å². The van der Waals surface area contributed by atoms with E-state index >= 15 is 0 Å². The molecule has 5 heteroatoms. The van der Waals surface area contributed by atoms with Gasteiger partial charge >= 0.3 is 5.76 Å². The number of hydrogen-bond donors (Lipinski definition) is 2. The lowest BCUT2D eigenvalue weighted by molar-refractivity contribution is 0.137. The second-order valence-corrected chi connectivity index (χ2v) is 6.37. The normalized spacial score (nSPS) is 16.2. The largest absolute Gasteiger partial charge is 0.417 e. The Bertz CT molecular complexity index is 912. The van der Waals surface area contributed by atoms with Crippen molar-refractivity contribution in [1.29, 1.82) is 0 Å². The van der Waals surface area contributed by atoms with E-state index in [1.807, 2.05) is 6.07 Å². The Morgan fingerprint density at radius 1 is 1.21 bits per heavy atom. The highest BCUT2D eigenvalue weighted by Crippen LogP contribution is 2.23. The summed E-state index contributed by atoms with van der Waals surface area (Å²) in [4.78, 5) is 16.2. The number of oxazole rings is 1. The molecular weight excluding hydrogens is 304 g/mol. The second kappa shape index (κ2) is 6.26. The van der Waals surface area contributed by atoms with Crippen LogP contribution in [0, 0.1) is 0 Å². The van der Waals surface area contributed by atoms with Gasteiger partial charge in [-0.3, -0.25) is 9.88 Å². The van der Waals surface area contributed by atoms with E-state index in [0.717, 1.165) is 31.6 Å². The van der Waals surface area contributed by atoms with Crippen LogP contribution in [0.4, 0.5) is 0 Å². The van der Waals surface area contributed by atoms with E-state index < -0.39 is 11.9 Å². The zero-order valence-corrected chi connectivity index (χ0v) is 13.4. The van der Waals surface area contributed by atoms with Crippen LogP contribution < -0.4 is 5.76 Å². The summed E-state index contributed by atoms with van der Waals surface area (Å²) in [6, 6.07) is 13.9. The molecule has 1 atom stereocenters. The van der Waals surface area contributed by atoms with Crippen LogP contribution in [0.2, 0.25) is 0 Å². The molecule has 1 aliphatic rings. The van der Waals surface area contributed by atoms with Gasteiger partial charge in [-0.15, -0.1) is 0 Å². The molecule has 24 heavy (non-hydrogen) atoms. The number of H-pyrrole nitrogens is 1. The molecule has 0 saturated heterocycles. The Balaban J connectivity index is 1.41. The van der Waals surface area contributed by atoms with E-state index in [4.69, 9.17) is 4.42 Å². The van der Waals surface area contributed by atoms with Gasteiger partial charge in [-0.05, 0) is 41.7 Å². The first-order chi connectivity index (χ1) is 11.7. The molecule has 124 valence electrons. The molecule has 2 N–H and O–H groups in total. The number of aromatic nitrogens is 1. The minimum absolute atomic E-state index is 0.469. The van der Waals surface area contributed by atoms with Crippen molar-refractivity contribution < 1.29 is 9.52 Å². The number of fused-ring (bicyclic) bond motifs is 2. The summed E-state index contributed by atoms with van der Waals surface area (Å²) in [6.45, 7) is 2.80. The molecule has 0 amide bonds. The summed E-state index contributed by atoms with van der Waals surface area (Å²) in [5.41, 5.74) is 4.74. The molecule has 1 aromatic heterocycles. The molecule has 5 nitrogen and oxygen atoms in total. The first-order valence-corrected chi connectivity index (χ1v) is 8.29. The summed E-state index contributed by atoms with van der Waals surface area (Å²) < 4.78 is 5.06. The highest BCUT2D eigenvalue weighted by Gasteiger charge is 2.17. The lowest BCUT2D eigenvalue weighted by Gasteiger charge is -2.29.